The first-order valence-electron chi connectivity index (χ1n) is 4.71. The second kappa shape index (κ2) is 3.34. The minimum atomic E-state index is -0.990. The van der Waals surface area contributed by atoms with Gasteiger partial charge >= 0.3 is 5.97 Å². The Hall–Kier alpha value is -1.91. The van der Waals surface area contributed by atoms with E-state index in [0.717, 1.165) is 5.56 Å². The average Bonchev–Trinajstić information content (AvgIpc) is 2.58. The molecule has 0 aromatic carbocycles. The van der Waals surface area contributed by atoms with Crippen LogP contribution in [0.2, 0.25) is 0 Å². The first-order chi connectivity index (χ1) is 7.11. The highest BCUT2D eigenvalue weighted by atomic mass is 16.4. The summed E-state index contributed by atoms with van der Waals surface area (Å²) in [7, 11) is 0. The van der Waals surface area contributed by atoms with Gasteiger partial charge in [-0.2, -0.15) is 5.10 Å². The van der Waals surface area contributed by atoms with Gasteiger partial charge in [-0.05, 0) is 24.6 Å². The largest absolute Gasteiger partial charge is 0.477 e. The van der Waals surface area contributed by atoms with Gasteiger partial charge in [0.15, 0.2) is 17.2 Å². The Kier molecular flexibility index (Phi) is 2.15. The van der Waals surface area contributed by atoms with Crippen LogP contribution < -0.4 is 0 Å². The number of pyridine rings is 1. The zero-order valence-corrected chi connectivity index (χ0v) is 8.56. The Morgan fingerprint density at radius 3 is 2.87 bits per heavy atom. The lowest BCUT2D eigenvalue weighted by atomic mass is 10.2. The van der Waals surface area contributed by atoms with Gasteiger partial charge in [-0.1, -0.05) is 6.92 Å². The number of nitrogens with zero attached hydrogens (tertiary/aromatic N) is 3. The van der Waals surface area contributed by atoms with E-state index in [1.54, 1.807) is 6.07 Å². The molecule has 5 nitrogen and oxygen atoms in total. The Bertz CT molecular complexity index is 531. The quantitative estimate of drug-likeness (QED) is 0.802. The molecule has 0 saturated heterocycles. The predicted molar refractivity (Wildman–Crippen MR) is 54.1 cm³/mol. The van der Waals surface area contributed by atoms with Gasteiger partial charge in [-0.15, -0.1) is 0 Å². The van der Waals surface area contributed by atoms with Crippen LogP contribution in [0.15, 0.2) is 12.1 Å². The van der Waals surface area contributed by atoms with Gasteiger partial charge in [0.05, 0.1) is 0 Å². The van der Waals surface area contributed by atoms with Crippen LogP contribution in [0.5, 0.6) is 0 Å². The number of carboxylic acids is 1. The van der Waals surface area contributed by atoms with E-state index in [0.29, 0.717) is 17.9 Å². The molecule has 0 bridgehead atoms. The maximum atomic E-state index is 11.0. The number of hydrogen-bond acceptors (Lipinski definition) is 3. The highest BCUT2D eigenvalue weighted by Gasteiger charge is 2.12. The molecular formula is C10H11N3O2. The van der Waals surface area contributed by atoms with E-state index in [4.69, 9.17) is 5.11 Å². The molecule has 15 heavy (non-hydrogen) atoms. The minimum Gasteiger partial charge on any atom is -0.477 e. The first kappa shape index (κ1) is 9.64. The number of hydrogen-bond donors (Lipinski definition) is 1. The summed E-state index contributed by atoms with van der Waals surface area (Å²) in [6.07, 6.45) is 0.694. The first-order valence-corrected chi connectivity index (χ1v) is 4.71. The molecule has 0 aliphatic rings. The predicted octanol–water partition coefficient (Wildman–Crippen LogP) is 1.30. The number of fused-ring (bicyclic) bond motifs is 1. The Morgan fingerprint density at radius 1 is 1.53 bits per heavy atom. The lowest BCUT2D eigenvalue weighted by Gasteiger charge is -1.99. The lowest BCUT2D eigenvalue weighted by molar-refractivity contribution is 0.0687. The summed E-state index contributed by atoms with van der Waals surface area (Å²) in [5, 5.41) is 13.1. The molecule has 0 aliphatic heterocycles. The van der Waals surface area contributed by atoms with Gasteiger partial charge in [-0.3, -0.25) is 0 Å². The van der Waals surface area contributed by atoms with Crippen molar-refractivity contribution < 1.29 is 9.90 Å². The summed E-state index contributed by atoms with van der Waals surface area (Å²) in [5.41, 5.74) is 1.61. The van der Waals surface area contributed by atoms with Crippen LogP contribution in [0.25, 0.3) is 5.65 Å². The molecule has 2 heterocycles. The number of carboxylic acid groups (broad SMARTS) is 1. The third kappa shape index (κ3) is 1.56. The van der Waals surface area contributed by atoms with Crippen molar-refractivity contribution in [2.45, 2.75) is 20.3 Å². The van der Waals surface area contributed by atoms with Crippen LogP contribution in [0.3, 0.4) is 0 Å². The van der Waals surface area contributed by atoms with Gasteiger partial charge < -0.3 is 5.11 Å². The van der Waals surface area contributed by atoms with E-state index in [2.05, 4.69) is 10.1 Å². The zero-order valence-electron chi connectivity index (χ0n) is 8.56. The van der Waals surface area contributed by atoms with E-state index in [1.165, 1.54) is 4.52 Å². The van der Waals surface area contributed by atoms with Crippen molar-refractivity contribution in [2.75, 3.05) is 0 Å². The molecule has 0 spiro atoms. The molecule has 2 aromatic rings. The molecule has 0 amide bonds. The fraction of sp³-hybridized carbons (Fsp3) is 0.300. The van der Waals surface area contributed by atoms with Crippen molar-refractivity contribution in [3.05, 3.63) is 29.2 Å². The van der Waals surface area contributed by atoms with E-state index in [1.807, 2.05) is 19.9 Å². The molecule has 2 aromatic heterocycles. The standard InChI is InChI=1S/C10H11N3O2/c1-3-8-11-9-5-6(2)4-7(10(14)15)13(9)12-8/h4-5H,3H2,1-2H3,(H,14,15). The SMILES string of the molecule is CCc1nc2cc(C)cc(C(=O)O)n2n1. The van der Waals surface area contributed by atoms with Crippen molar-refractivity contribution in [1.29, 1.82) is 0 Å². The molecule has 5 heteroatoms. The maximum absolute atomic E-state index is 11.0. The van der Waals surface area contributed by atoms with Gasteiger partial charge in [0.1, 0.15) is 0 Å². The summed E-state index contributed by atoms with van der Waals surface area (Å²) in [6, 6.07) is 3.40. The molecule has 78 valence electrons. The molecule has 0 aliphatic carbocycles. The van der Waals surface area contributed by atoms with E-state index in [9.17, 15) is 4.79 Å². The smallest absolute Gasteiger partial charge is 0.354 e. The van der Waals surface area contributed by atoms with Crippen LogP contribution in [0.4, 0.5) is 0 Å². The van der Waals surface area contributed by atoms with Crippen molar-refractivity contribution >= 4 is 11.6 Å². The van der Waals surface area contributed by atoms with Crippen LogP contribution in [0, 0.1) is 6.92 Å². The van der Waals surface area contributed by atoms with Crippen molar-refractivity contribution in [1.82, 2.24) is 14.6 Å². The van der Waals surface area contributed by atoms with Gasteiger partial charge in [0, 0.05) is 6.42 Å². The van der Waals surface area contributed by atoms with E-state index in [-0.39, 0.29) is 5.69 Å². The summed E-state index contributed by atoms with van der Waals surface area (Å²) >= 11 is 0. The third-order valence-electron chi connectivity index (χ3n) is 2.16. The molecule has 0 radical (unpaired) electrons. The number of carbonyl (C=O) groups is 1. The van der Waals surface area contributed by atoms with Crippen molar-refractivity contribution in [3.8, 4) is 0 Å². The minimum absolute atomic E-state index is 0.150. The fourth-order valence-corrected chi connectivity index (χ4v) is 1.46. The highest BCUT2D eigenvalue weighted by Crippen LogP contribution is 2.10. The zero-order chi connectivity index (χ0) is 11.0. The van der Waals surface area contributed by atoms with Crippen LogP contribution in [0.1, 0.15) is 28.8 Å². The second-order valence-corrected chi connectivity index (χ2v) is 3.37. The summed E-state index contributed by atoms with van der Waals surface area (Å²) in [4.78, 5) is 15.2. The number of aromatic nitrogens is 3. The summed E-state index contributed by atoms with van der Waals surface area (Å²) in [5.74, 6) is -0.334. The highest BCUT2D eigenvalue weighted by molar-refractivity contribution is 5.86. The fourth-order valence-electron chi connectivity index (χ4n) is 1.46. The van der Waals surface area contributed by atoms with Crippen molar-refractivity contribution in [3.63, 3.8) is 0 Å². The third-order valence-corrected chi connectivity index (χ3v) is 2.16. The maximum Gasteiger partial charge on any atom is 0.354 e. The molecule has 0 fully saturated rings. The van der Waals surface area contributed by atoms with Crippen LogP contribution >= 0.6 is 0 Å². The molecule has 2 rings (SSSR count). The Morgan fingerprint density at radius 2 is 2.27 bits per heavy atom. The second-order valence-electron chi connectivity index (χ2n) is 3.37. The molecule has 0 unspecified atom stereocenters. The Balaban J connectivity index is 2.77. The number of aromatic carboxylic acids is 1. The van der Waals surface area contributed by atoms with Gasteiger partial charge in [0.2, 0.25) is 0 Å². The van der Waals surface area contributed by atoms with Crippen LogP contribution in [-0.2, 0) is 6.42 Å². The van der Waals surface area contributed by atoms with Gasteiger partial charge in [-0.25, -0.2) is 14.3 Å². The Labute approximate surface area is 86.4 Å². The molecule has 0 saturated carbocycles. The van der Waals surface area contributed by atoms with Crippen molar-refractivity contribution in [2.24, 2.45) is 0 Å². The molecule has 0 atom stereocenters. The van der Waals surface area contributed by atoms with E-state index >= 15 is 0 Å². The number of rotatable bonds is 2. The summed E-state index contributed by atoms with van der Waals surface area (Å²) in [6.45, 7) is 3.77. The summed E-state index contributed by atoms with van der Waals surface area (Å²) < 4.78 is 1.37. The molecular weight excluding hydrogens is 194 g/mol. The normalized spacial score (nSPS) is 10.8. The molecule has 1 N–H and O–H groups in total. The average molecular weight is 205 g/mol. The van der Waals surface area contributed by atoms with Gasteiger partial charge in [0.25, 0.3) is 0 Å². The monoisotopic (exact) mass is 205 g/mol. The van der Waals surface area contributed by atoms with Crippen LogP contribution in [-0.4, -0.2) is 25.7 Å². The topological polar surface area (TPSA) is 67.5 Å². The lowest BCUT2D eigenvalue weighted by Crippen LogP contribution is -2.06. The number of aryl methyl sites for hydroxylation is 2. The van der Waals surface area contributed by atoms with E-state index < -0.39 is 5.97 Å².